The maximum atomic E-state index is 12.0. The molecule has 0 fully saturated rings. The van der Waals surface area contributed by atoms with Crippen LogP contribution in [0.4, 0.5) is 0 Å². The van der Waals surface area contributed by atoms with Gasteiger partial charge in [0, 0.05) is 17.0 Å². The van der Waals surface area contributed by atoms with Crippen molar-refractivity contribution in [1.29, 1.82) is 0 Å². The Morgan fingerprint density at radius 3 is 2.67 bits per heavy atom. The maximum absolute atomic E-state index is 12.0. The van der Waals surface area contributed by atoms with Gasteiger partial charge in [-0.2, -0.15) is 5.10 Å². The van der Waals surface area contributed by atoms with Crippen molar-refractivity contribution in [3.63, 3.8) is 0 Å². The molecule has 0 bridgehead atoms. The van der Waals surface area contributed by atoms with Crippen LogP contribution in [0.3, 0.4) is 0 Å². The third-order valence-electron chi connectivity index (χ3n) is 3.38. The molecule has 2 aromatic carbocycles. The third kappa shape index (κ3) is 3.49. The number of rotatable bonds is 4. The van der Waals surface area contributed by atoms with Gasteiger partial charge >= 0.3 is 5.63 Å². The number of nitrogens with zero attached hydrogens (tertiary/aromatic N) is 1. The zero-order chi connectivity index (χ0) is 16.9. The molecule has 0 spiro atoms. The van der Waals surface area contributed by atoms with Crippen molar-refractivity contribution >= 4 is 23.1 Å². The van der Waals surface area contributed by atoms with Gasteiger partial charge in [0.1, 0.15) is 11.3 Å². The molecule has 0 aliphatic rings. The van der Waals surface area contributed by atoms with Crippen molar-refractivity contribution in [2.75, 3.05) is 7.11 Å². The predicted octanol–water partition coefficient (Wildman–Crippen LogP) is 2.57. The van der Waals surface area contributed by atoms with Gasteiger partial charge in [0.25, 0.3) is 5.91 Å². The number of methoxy groups -OCH3 is 1. The lowest BCUT2D eigenvalue weighted by molar-refractivity contribution is 0.0955. The number of nitrogens with one attached hydrogen (secondary N) is 1. The van der Waals surface area contributed by atoms with E-state index in [9.17, 15) is 9.59 Å². The Morgan fingerprint density at radius 2 is 1.92 bits per heavy atom. The number of hydrazone groups is 1. The summed E-state index contributed by atoms with van der Waals surface area (Å²) in [6.45, 7) is 0. The molecule has 6 nitrogen and oxygen atoms in total. The third-order valence-corrected chi connectivity index (χ3v) is 3.38. The van der Waals surface area contributed by atoms with Crippen LogP contribution >= 0.6 is 0 Å². The summed E-state index contributed by atoms with van der Waals surface area (Å²) in [6.07, 6.45) is 1.52. The molecular weight excluding hydrogens is 308 g/mol. The highest BCUT2D eigenvalue weighted by molar-refractivity contribution is 5.95. The fourth-order valence-corrected chi connectivity index (χ4v) is 2.14. The summed E-state index contributed by atoms with van der Waals surface area (Å²) in [5.41, 5.74) is 3.82. The average molecular weight is 322 g/mol. The minimum Gasteiger partial charge on any atom is -0.497 e. The van der Waals surface area contributed by atoms with Gasteiger partial charge < -0.3 is 9.15 Å². The molecule has 0 aliphatic heterocycles. The first-order valence-electron chi connectivity index (χ1n) is 7.17. The van der Waals surface area contributed by atoms with Crippen LogP contribution in [0, 0.1) is 0 Å². The fourth-order valence-electron chi connectivity index (χ4n) is 2.14. The molecular formula is C18H14N2O4. The molecule has 120 valence electrons. The van der Waals surface area contributed by atoms with E-state index < -0.39 is 5.63 Å². The second kappa shape index (κ2) is 6.78. The quantitative estimate of drug-likeness (QED) is 0.455. The highest BCUT2D eigenvalue weighted by Gasteiger charge is 2.04. The van der Waals surface area contributed by atoms with Crippen molar-refractivity contribution in [1.82, 2.24) is 5.43 Å². The summed E-state index contributed by atoms with van der Waals surface area (Å²) in [5, 5.41) is 4.71. The van der Waals surface area contributed by atoms with Gasteiger partial charge in [0.15, 0.2) is 0 Å². The molecule has 0 unspecified atom stereocenters. The zero-order valence-electron chi connectivity index (χ0n) is 12.9. The molecule has 3 aromatic rings. The largest absolute Gasteiger partial charge is 0.497 e. The Bertz CT molecular complexity index is 959. The summed E-state index contributed by atoms with van der Waals surface area (Å²) in [7, 11) is 1.56. The monoisotopic (exact) mass is 322 g/mol. The number of carbonyl (C=O) groups excluding carboxylic acids is 1. The first kappa shape index (κ1) is 15.5. The van der Waals surface area contributed by atoms with Gasteiger partial charge in [-0.25, -0.2) is 10.2 Å². The van der Waals surface area contributed by atoms with E-state index in [2.05, 4.69) is 10.5 Å². The topological polar surface area (TPSA) is 80.9 Å². The average Bonchev–Trinajstić information content (AvgIpc) is 2.61. The summed E-state index contributed by atoms with van der Waals surface area (Å²) in [6, 6.07) is 15.0. The van der Waals surface area contributed by atoms with Crippen LogP contribution in [-0.2, 0) is 0 Å². The Morgan fingerprint density at radius 1 is 1.12 bits per heavy atom. The molecule has 1 N–H and O–H groups in total. The van der Waals surface area contributed by atoms with Crippen LogP contribution in [0.1, 0.15) is 15.9 Å². The van der Waals surface area contributed by atoms with Gasteiger partial charge in [-0.05, 0) is 54.1 Å². The highest BCUT2D eigenvalue weighted by atomic mass is 16.5. The summed E-state index contributed by atoms with van der Waals surface area (Å²) in [4.78, 5) is 23.1. The van der Waals surface area contributed by atoms with E-state index in [1.807, 2.05) is 0 Å². The van der Waals surface area contributed by atoms with Crippen molar-refractivity contribution in [2.24, 2.45) is 5.10 Å². The first-order chi connectivity index (χ1) is 11.7. The van der Waals surface area contributed by atoms with E-state index in [-0.39, 0.29) is 5.91 Å². The minimum atomic E-state index is -0.393. The van der Waals surface area contributed by atoms with Crippen LogP contribution in [-0.4, -0.2) is 19.2 Å². The smallest absolute Gasteiger partial charge is 0.336 e. The fraction of sp³-hybridized carbons (Fsp3) is 0.0556. The van der Waals surface area contributed by atoms with Gasteiger partial charge in [0.05, 0.1) is 13.3 Å². The second-order valence-corrected chi connectivity index (χ2v) is 4.98. The van der Waals surface area contributed by atoms with Gasteiger partial charge in [-0.1, -0.05) is 0 Å². The molecule has 0 aliphatic carbocycles. The van der Waals surface area contributed by atoms with E-state index in [1.165, 1.54) is 12.3 Å². The standard InChI is InChI=1S/C18H14N2O4/c1-23-15-6-3-13(4-7-15)18(22)20-19-11-12-2-8-16-14(10-12)5-9-17(21)24-16/h2-11H,1H3,(H,20,22)/b19-11+. The minimum absolute atomic E-state index is 0.319. The molecule has 1 aromatic heterocycles. The number of ether oxygens (including phenoxy) is 1. The van der Waals surface area contributed by atoms with Gasteiger partial charge in [-0.15, -0.1) is 0 Å². The Labute approximate surface area is 137 Å². The van der Waals surface area contributed by atoms with Crippen molar-refractivity contribution in [3.05, 3.63) is 76.1 Å². The molecule has 1 amide bonds. The molecule has 1 heterocycles. The number of fused-ring (bicyclic) bond motifs is 1. The second-order valence-electron chi connectivity index (χ2n) is 4.98. The number of hydrogen-bond acceptors (Lipinski definition) is 5. The molecule has 3 rings (SSSR count). The Kier molecular flexibility index (Phi) is 4.38. The van der Waals surface area contributed by atoms with Crippen LogP contribution < -0.4 is 15.8 Å². The SMILES string of the molecule is COc1ccc(C(=O)N/N=C/c2ccc3oc(=O)ccc3c2)cc1. The molecule has 0 saturated heterocycles. The van der Waals surface area contributed by atoms with Crippen molar-refractivity contribution < 1.29 is 13.9 Å². The van der Waals surface area contributed by atoms with Crippen LogP contribution in [0.2, 0.25) is 0 Å². The molecule has 24 heavy (non-hydrogen) atoms. The van der Waals surface area contributed by atoms with E-state index in [0.29, 0.717) is 16.9 Å². The summed E-state index contributed by atoms with van der Waals surface area (Å²) < 4.78 is 10.1. The van der Waals surface area contributed by atoms with E-state index in [4.69, 9.17) is 9.15 Å². The normalized spacial score (nSPS) is 10.9. The van der Waals surface area contributed by atoms with Crippen LogP contribution in [0.5, 0.6) is 5.75 Å². The lowest BCUT2D eigenvalue weighted by Crippen LogP contribution is -2.17. The number of amides is 1. The Hall–Kier alpha value is -3.41. The summed E-state index contributed by atoms with van der Waals surface area (Å²) in [5.74, 6) is 0.360. The van der Waals surface area contributed by atoms with Crippen LogP contribution in [0.15, 0.2) is 68.9 Å². The lowest BCUT2D eigenvalue weighted by Gasteiger charge is -2.02. The molecule has 0 radical (unpaired) electrons. The predicted molar refractivity (Wildman–Crippen MR) is 90.5 cm³/mol. The number of hydrogen-bond donors (Lipinski definition) is 1. The molecule has 6 heteroatoms. The zero-order valence-corrected chi connectivity index (χ0v) is 12.9. The maximum Gasteiger partial charge on any atom is 0.336 e. The first-order valence-corrected chi connectivity index (χ1v) is 7.17. The molecule has 0 saturated carbocycles. The Balaban J connectivity index is 1.70. The van der Waals surface area contributed by atoms with Crippen molar-refractivity contribution in [2.45, 2.75) is 0 Å². The van der Waals surface area contributed by atoms with Crippen LogP contribution in [0.25, 0.3) is 11.0 Å². The molecule has 0 atom stereocenters. The van der Waals surface area contributed by atoms with E-state index in [0.717, 1.165) is 10.9 Å². The highest BCUT2D eigenvalue weighted by Crippen LogP contribution is 2.13. The van der Waals surface area contributed by atoms with Gasteiger partial charge in [-0.3, -0.25) is 4.79 Å². The number of benzene rings is 2. The lowest BCUT2D eigenvalue weighted by atomic mass is 10.1. The summed E-state index contributed by atoms with van der Waals surface area (Å²) >= 11 is 0. The van der Waals surface area contributed by atoms with Gasteiger partial charge in [0.2, 0.25) is 0 Å². The number of carbonyl (C=O) groups is 1. The van der Waals surface area contributed by atoms with E-state index >= 15 is 0 Å². The van der Waals surface area contributed by atoms with Crippen molar-refractivity contribution in [3.8, 4) is 5.75 Å². The van der Waals surface area contributed by atoms with E-state index in [1.54, 1.807) is 55.6 Å².